The van der Waals surface area contributed by atoms with Gasteiger partial charge in [-0.15, -0.1) is 0 Å². The monoisotopic (exact) mass is 239 g/mol. The van der Waals surface area contributed by atoms with Gasteiger partial charge < -0.3 is 5.32 Å². The first-order valence-electron chi connectivity index (χ1n) is 5.85. The number of aromatic nitrogens is 2. The molecular weight excluding hydrogens is 222 g/mol. The van der Waals surface area contributed by atoms with E-state index in [9.17, 15) is 0 Å². The summed E-state index contributed by atoms with van der Waals surface area (Å²) in [4.78, 5) is 8.69. The molecule has 0 unspecified atom stereocenters. The summed E-state index contributed by atoms with van der Waals surface area (Å²) in [6.07, 6.45) is 2.44. The predicted octanol–water partition coefficient (Wildman–Crippen LogP) is 3.46. The largest absolute Gasteiger partial charge is 0.367 e. The smallest absolute Gasteiger partial charge is 0.135 e. The van der Waals surface area contributed by atoms with E-state index in [-0.39, 0.29) is 0 Å². The van der Waals surface area contributed by atoms with Crippen molar-refractivity contribution < 1.29 is 0 Å². The lowest BCUT2D eigenvalue weighted by molar-refractivity contribution is 0.308. The van der Waals surface area contributed by atoms with Crippen LogP contribution in [0.2, 0.25) is 5.15 Å². The third kappa shape index (κ3) is 2.64. The summed E-state index contributed by atoms with van der Waals surface area (Å²) in [5.41, 5.74) is 0. The summed E-state index contributed by atoms with van der Waals surface area (Å²) in [6, 6.07) is 2.36. The van der Waals surface area contributed by atoms with Gasteiger partial charge in [-0.1, -0.05) is 32.4 Å². The second kappa shape index (κ2) is 4.58. The van der Waals surface area contributed by atoms with Crippen LogP contribution in [0.4, 0.5) is 5.82 Å². The van der Waals surface area contributed by atoms with E-state index in [1.165, 1.54) is 12.8 Å². The molecule has 1 aliphatic carbocycles. The number of hydrogen-bond acceptors (Lipinski definition) is 3. The Morgan fingerprint density at radius 1 is 1.38 bits per heavy atom. The Morgan fingerprint density at radius 2 is 2.06 bits per heavy atom. The van der Waals surface area contributed by atoms with E-state index in [0.717, 1.165) is 17.6 Å². The molecule has 88 valence electrons. The molecule has 0 amide bonds. The number of anilines is 1. The van der Waals surface area contributed by atoms with E-state index >= 15 is 0 Å². The van der Waals surface area contributed by atoms with Gasteiger partial charge in [-0.2, -0.15) is 0 Å². The van der Waals surface area contributed by atoms with Gasteiger partial charge in [0.05, 0.1) is 0 Å². The zero-order valence-corrected chi connectivity index (χ0v) is 10.8. The highest BCUT2D eigenvalue weighted by atomic mass is 35.5. The SMILES string of the molecule is CC1CC(Nc2cc(Cl)nc(C(C)C)n2)C1. The summed E-state index contributed by atoms with van der Waals surface area (Å²) >= 11 is 5.98. The summed E-state index contributed by atoms with van der Waals surface area (Å²) in [5, 5.41) is 3.93. The maximum atomic E-state index is 5.98. The molecule has 1 aromatic rings. The van der Waals surface area contributed by atoms with Crippen molar-refractivity contribution >= 4 is 17.4 Å². The molecule has 0 saturated heterocycles. The number of hydrogen-bond donors (Lipinski definition) is 1. The topological polar surface area (TPSA) is 37.8 Å². The quantitative estimate of drug-likeness (QED) is 0.821. The molecule has 16 heavy (non-hydrogen) atoms. The molecule has 4 heteroatoms. The first-order chi connectivity index (χ1) is 7.54. The van der Waals surface area contributed by atoms with Gasteiger partial charge in [0.15, 0.2) is 0 Å². The van der Waals surface area contributed by atoms with Crippen molar-refractivity contribution in [3.05, 3.63) is 17.0 Å². The second-order valence-corrected chi connectivity index (χ2v) is 5.39. The highest BCUT2D eigenvalue weighted by Crippen LogP contribution is 2.29. The summed E-state index contributed by atoms with van der Waals surface area (Å²) < 4.78 is 0. The fourth-order valence-electron chi connectivity index (χ4n) is 2.00. The van der Waals surface area contributed by atoms with E-state index in [2.05, 4.69) is 36.1 Å². The van der Waals surface area contributed by atoms with Crippen LogP contribution in [0.5, 0.6) is 0 Å². The first-order valence-corrected chi connectivity index (χ1v) is 6.23. The number of nitrogens with zero attached hydrogens (tertiary/aromatic N) is 2. The van der Waals surface area contributed by atoms with E-state index in [4.69, 9.17) is 11.6 Å². The van der Waals surface area contributed by atoms with Gasteiger partial charge in [0.1, 0.15) is 16.8 Å². The molecule has 0 spiro atoms. The van der Waals surface area contributed by atoms with E-state index in [0.29, 0.717) is 17.1 Å². The molecule has 3 nitrogen and oxygen atoms in total. The summed E-state index contributed by atoms with van der Waals surface area (Å²) in [5.74, 6) is 2.81. The average molecular weight is 240 g/mol. The maximum Gasteiger partial charge on any atom is 0.135 e. The standard InChI is InChI=1S/C12H18ClN3/c1-7(2)12-15-10(13)6-11(16-12)14-9-4-8(3)5-9/h6-9H,4-5H2,1-3H3,(H,14,15,16). The molecule has 0 radical (unpaired) electrons. The lowest BCUT2D eigenvalue weighted by Gasteiger charge is -2.33. The van der Waals surface area contributed by atoms with Crippen LogP contribution in [0.1, 0.15) is 45.4 Å². The van der Waals surface area contributed by atoms with E-state index < -0.39 is 0 Å². The van der Waals surface area contributed by atoms with Crippen LogP contribution >= 0.6 is 11.6 Å². The van der Waals surface area contributed by atoms with Crippen LogP contribution in [0.25, 0.3) is 0 Å². The fourth-order valence-corrected chi connectivity index (χ4v) is 2.19. The zero-order chi connectivity index (χ0) is 11.7. The minimum atomic E-state index is 0.305. The van der Waals surface area contributed by atoms with Crippen LogP contribution in [-0.2, 0) is 0 Å². The van der Waals surface area contributed by atoms with Gasteiger partial charge in [0.25, 0.3) is 0 Å². The molecule has 1 saturated carbocycles. The molecule has 0 atom stereocenters. The van der Waals surface area contributed by atoms with E-state index in [1.807, 2.05) is 0 Å². The Kier molecular flexibility index (Phi) is 3.33. The third-order valence-electron chi connectivity index (χ3n) is 2.95. The summed E-state index contributed by atoms with van der Waals surface area (Å²) in [6.45, 7) is 6.41. The Balaban J connectivity index is 2.08. The van der Waals surface area contributed by atoms with Crippen LogP contribution in [0.15, 0.2) is 6.07 Å². The molecule has 2 rings (SSSR count). The Labute approximate surface area is 102 Å². The molecule has 1 aromatic heterocycles. The Morgan fingerprint density at radius 3 is 2.62 bits per heavy atom. The van der Waals surface area contributed by atoms with Crippen molar-refractivity contribution in [2.75, 3.05) is 5.32 Å². The van der Waals surface area contributed by atoms with Crippen LogP contribution in [0, 0.1) is 5.92 Å². The van der Waals surface area contributed by atoms with E-state index in [1.54, 1.807) is 6.07 Å². The van der Waals surface area contributed by atoms with Crippen molar-refractivity contribution in [2.45, 2.75) is 45.6 Å². The lowest BCUT2D eigenvalue weighted by atomic mass is 9.82. The third-order valence-corrected chi connectivity index (χ3v) is 3.15. The van der Waals surface area contributed by atoms with Crippen molar-refractivity contribution in [2.24, 2.45) is 5.92 Å². The highest BCUT2D eigenvalue weighted by Gasteiger charge is 2.25. The maximum absolute atomic E-state index is 5.98. The van der Waals surface area contributed by atoms with Crippen LogP contribution < -0.4 is 5.32 Å². The predicted molar refractivity (Wildman–Crippen MR) is 66.9 cm³/mol. The first kappa shape index (κ1) is 11.6. The molecule has 1 fully saturated rings. The normalized spacial score (nSPS) is 24.3. The lowest BCUT2D eigenvalue weighted by Crippen LogP contribution is -2.34. The number of rotatable bonds is 3. The van der Waals surface area contributed by atoms with Gasteiger partial charge >= 0.3 is 0 Å². The minimum absolute atomic E-state index is 0.305. The van der Waals surface area contributed by atoms with Crippen LogP contribution in [-0.4, -0.2) is 16.0 Å². The molecule has 1 N–H and O–H groups in total. The molecule has 0 aromatic carbocycles. The van der Waals surface area contributed by atoms with Gasteiger partial charge in [0.2, 0.25) is 0 Å². The van der Waals surface area contributed by atoms with Crippen molar-refractivity contribution in [3.8, 4) is 0 Å². The summed E-state index contributed by atoms with van der Waals surface area (Å²) in [7, 11) is 0. The highest BCUT2D eigenvalue weighted by molar-refractivity contribution is 6.29. The second-order valence-electron chi connectivity index (χ2n) is 5.01. The Bertz CT molecular complexity index is 373. The molecule has 1 aliphatic rings. The minimum Gasteiger partial charge on any atom is -0.367 e. The Hall–Kier alpha value is -0.830. The zero-order valence-electron chi connectivity index (χ0n) is 10.00. The van der Waals surface area contributed by atoms with Gasteiger partial charge in [-0.25, -0.2) is 9.97 Å². The number of halogens is 1. The van der Waals surface area contributed by atoms with Crippen molar-refractivity contribution in [1.82, 2.24) is 9.97 Å². The van der Waals surface area contributed by atoms with Gasteiger partial charge in [0, 0.05) is 18.0 Å². The number of nitrogens with one attached hydrogen (secondary N) is 1. The van der Waals surface area contributed by atoms with Gasteiger partial charge in [-0.3, -0.25) is 0 Å². The average Bonchev–Trinajstić information content (AvgIpc) is 2.14. The van der Waals surface area contributed by atoms with Crippen LogP contribution in [0.3, 0.4) is 0 Å². The molecule has 0 aliphatic heterocycles. The fraction of sp³-hybridized carbons (Fsp3) is 0.667. The molecular formula is C12H18ClN3. The molecule has 0 bridgehead atoms. The molecule has 1 heterocycles. The van der Waals surface area contributed by atoms with Crippen molar-refractivity contribution in [3.63, 3.8) is 0 Å². The van der Waals surface area contributed by atoms with Crippen molar-refractivity contribution in [1.29, 1.82) is 0 Å². The van der Waals surface area contributed by atoms with Gasteiger partial charge in [-0.05, 0) is 18.8 Å².